The second kappa shape index (κ2) is 6.12. The monoisotopic (exact) mass is 308 g/mol. The number of amidine groups is 1. The summed E-state index contributed by atoms with van der Waals surface area (Å²) in [6, 6.07) is 6.11. The zero-order chi connectivity index (χ0) is 14.8. The molecule has 1 unspecified atom stereocenters. The van der Waals surface area contributed by atoms with Gasteiger partial charge in [0.2, 0.25) is 0 Å². The van der Waals surface area contributed by atoms with Crippen molar-refractivity contribution >= 4 is 23.1 Å². The van der Waals surface area contributed by atoms with Crippen LogP contribution in [-0.4, -0.2) is 48.2 Å². The van der Waals surface area contributed by atoms with Gasteiger partial charge >= 0.3 is 0 Å². The van der Waals surface area contributed by atoms with Crippen LogP contribution in [0.15, 0.2) is 23.4 Å². The zero-order valence-electron chi connectivity index (χ0n) is 12.0. The SMILES string of the molecule is N/C(=N/O)c1ccc(Cl)cc1N1CCN2CCCCC2C1. The third-order valence-corrected chi connectivity index (χ3v) is 4.76. The summed E-state index contributed by atoms with van der Waals surface area (Å²) in [5.41, 5.74) is 7.51. The van der Waals surface area contributed by atoms with Crippen molar-refractivity contribution in [3.63, 3.8) is 0 Å². The molecule has 0 aromatic heterocycles. The molecule has 3 rings (SSSR count). The van der Waals surface area contributed by atoms with Crippen LogP contribution in [0, 0.1) is 0 Å². The van der Waals surface area contributed by atoms with E-state index in [0.29, 0.717) is 11.1 Å². The molecule has 21 heavy (non-hydrogen) atoms. The van der Waals surface area contributed by atoms with Gasteiger partial charge in [-0.15, -0.1) is 0 Å². The molecule has 114 valence electrons. The maximum atomic E-state index is 8.97. The molecule has 0 saturated carbocycles. The number of nitrogens with two attached hydrogens (primary N) is 1. The summed E-state index contributed by atoms with van der Waals surface area (Å²) >= 11 is 6.14. The number of fused-ring (bicyclic) bond motifs is 1. The molecule has 2 aliphatic rings. The lowest BCUT2D eigenvalue weighted by Crippen LogP contribution is -2.55. The number of piperazine rings is 1. The van der Waals surface area contributed by atoms with E-state index in [2.05, 4.69) is 15.0 Å². The van der Waals surface area contributed by atoms with Gasteiger partial charge < -0.3 is 15.8 Å². The molecule has 0 spiro atoms. The molecule has 0 radical (unpaired) electrons. The number of halogens is 1. The predicted molar refractivity (Wildman–Crippen MR) is 85.4 cm³/mol. The van der Waals surface area contributed by atoms with Crippen molar-refractivity contribution in [1.82, 2.24) is 4.90 Å². The number of piperidine rings is 1. The van der Waals surface area contributed by atoms with E-state index in [-0.39, 0.29) is 5.84 Å². The second-order valence-corrected chi connectivity index (χ2v) is 6.21. The highest BCUT2D eigenvalue weighted by molar-refractivity contribution is 6.31. The van der Waals surface area contributed by atoms with Crippen molar-refractivity contribution in [2.75, 3.05) is 31.1 Å². The third-order valence-electron chi connectivity index (χ3n) is 4.52. The second-order valence-electron chi connectivity index (χ2n) is 5.78. The average molecular weight is 309 g/mol. The van der Waals surface area contributed by atoms with E-state index in [1.54, 1.807) is 6.07 Å². The van der Waals surface area contributed by atoms with Gasteiger partial charge in [0.25, 0.3) is 0 Å². The van der Waals surface area contributed by atoms with E-state index in [0.717, 1.165) is 30.9 Å². The van der Waals surface area contributed by atoms with Crippen molar-refractivity contribution < 1.29 is 5.21 Å². The summed E-state index contributed by atoms with van der Waals surface area (Å²) in [5.74, 6) is 0.132. The standard InChI is InChI=1S/C15H21ClN4O/c16-11-4-5-13(15(17)18-21)14(9-11)20-8-7-19-6-2-1-3-12(19)10-20/h4-5,9,12,21H,1-3,6-8,10H2,(H2,17,18). The molecule has 2 saturated heterocycles. The van der Waals surface area contributed by atoms with Crippen LogP contribution < -0.4 is 10.6 Å². The first kappa shape index (κ1) is 14.5. The summed E-state index contributed by atoms with van der Waals surface area (Å²) in [4.78, 5) is 4.89. The average Bonchev–Trinajstić information content (AvgIpc) is 2.53. The van der Waals surface area contributed by atoms with E-state index < -0.39 is 0 Å². The van der Waals surface area contributed by atoms with Crippen LogP contribution >= 0.6 is 11.6 Å². The highest BCUT2D eigenvalue weighted by Crippen LogP contribution is 2.29. The van der Waals surface area contributed by atoms with Crippen molar-refractivity contribution in [3.05, 3.63) is 28.8 Å². The van der Waals surface area contributed by atoms with E-state index >= 15 is 0 Å². The molecule has 0 bridgehead atoms. The molecule has 1 atom stereocenters. The number of benzene rings is 1. The highest BCUT2D eigenvalue weighted by Gasteiger charge is 2.30. The van der Waals surface area contributed by atoms with E-state index in [9.17, 15) is 0 Å². The Labute approximate surface area is 130 Å². The van der Waals surface area contributed by atoms with E-state index in [1.165, 1.54) is 25.8 Å². The van der Waals surface area contributed by atoms with E-state index in [4.69, 9.17) is 22.5 Å². The fourth-order valence-corrected chi connectivity index (χ4v) is 3.58. The van der Waals surface area contributed by atoms with E-state index in [1.807, 2.05) is 12.1 Å². The van der Waals surface area contributed by atoms with Crippen LogP contribution in [0.2, 0.25) is 5.02 Å². The maximum Gasteiger partial charge on any atom is 0.172 e. The van der Waals surface area contributed by atoms with Gasteiger partial charge in [-0.1, -0.05) is 23.2 Å². The quantitative estimate of drug-likeness (QED) is 0.380. The Kier molecular flexibility index (Phi) is 4.22. The molecule has 6 heteroatoms. The smallest absolute Gasteiger partial charge is 0.172 e. The molecule has 3 N–H and O–H groups in total. The number of oxime groups is 1. The minimum Gasteiger partial charge on any atom is -0.409 e. The van der Waals surface area contributed by atoms with Gasteiger partial charge in [0.05, 0.1) is 0 Å². The Morgan fingerprint density at radius 1 is 1.29 bits per heavy atom. The van der Waals surface area contributed by atoms with Crippen molar-refractivity contribution in [3.8, 4) is 0 Å². The number of rotatable bonds is 2. The molecular weight excluding hydrogens is 288 g/mol. The van der Waals surface area contributed by atoms with Crippen molar-refractivity contribution in [2.45, 2.75) is 25.3 Å². The van der Waals surface area contributed by atoms with Crippen LogP contribution in [-0.2, 0) is 0 Å². The Balaban J connectivity index is 1.87. The van der Waals surface area contributed by atoms with Crippen LogP contribution in [0.4, 0.5) is 5.69 Å². The van der Waals surface area contributed by atoms with Gasteiger partial charge in [-0.25, -0.2) is 0 Å². The summed E-state index contributed by atoms with van der Waals surface area (Å²) in [7, 11) is 0. The molecular formula is C15H21ClN4O. The number of hydrogen-bond donors (Lipinski definition) is 2. The lowest BCUT2D eigenvalue weighted by molar-refractivity contribution is 0.133. The van der Waals surface area contributed by atoms with Gasteiger partial charge in [0, 0.05) is 41.9 Å². The zero-order valence-corrected chi connectivity index (χ0v) is 12.8. The van der Waals surface area contributed by atoms with Crippen LogP contribution in [0.1, 0.15) is 24.8 Å². The molecule has 1 aromatic rings. The first-order valence-corrected chi connectivity index (χ1v) is 7.83. The summed E-state index contributed by atoms with van der Waals surface area (Å²) in [6.07, 6.45) is 3.86. The molecule has 0 aliphatic carbocycles. The lowest BCUT2D eigenvalue weighted by Gasteiger charge is -2.45. The number of nitrogens with zero attached hydrogens (tertiary/aromatic N) is 3. The third kappa shape index (κ3) is 2.94. The van der Waals surface area contributed by atoms with Crippen molar-refractivity contribution in [2.24, 2.45) is 10.9 Å². The van der Waals surface area contributed by atoms with Gasteiger partial charge in [-0.3, -0.25) is 4.90 Å². The van der Waals surface area contributed by atoms with Gasteiger partial charge in [0.1, 0.15) is 0 Å². The fraction of sp³-hybridized carbons (Fsp3) is 0.533. The molecule has 2 aliphatic heterocycles. The minimum atomic E-state index is 0.132. The number of anilines is 1. The largest absolute Gasteiger partial charge is 0.409 e. The van der Waals surface area contributed by atoms with Crippen molar-refractivity contribution in [1.29, 1.82) is 0 Å². The lowest BCUT2D eigenvalue weighted by atomic mass is 9.98. The van der Waals surface area contributed by atoms with Gasteiger partial charge in [-0.05, 0) is 37.6 Å². The molecule has 5 nitrogen and oxygen atoms in total. The summed E-state index contributed by atoms with van der Waals surface area (Å²) < 4.78 is 0. The summed E-state index contributed by atoms with van der Waals surface area (Å²) in [5, 5.41) is 12.8. The van der Waals surface area contributed by atoms with Gasteiger partial charge in [-0.2, -0.15) is 0 Å². The first-order chi connectivity index (χ1) is 10.2. The van der Waals surface area contributed by atoms with Crippen LogP contribution in [0.5, 0.6) is 0 Å². The summed E-state index contributed by atoms with van der Waals surface area (Å²) in [6.45, 7) is 4.20. The number of hydrogen-bond acceptors (Lipinski definition) is 4. The molecule has 1 aromatic carbocycles. The van der Waals surface area contributed by atoms with Crippen LogP contribution in [0.25, 0.3) is 0 Å². The Morgan fingerprint density at radius 2 is 2.14 bits per heavy atom. The van der Waals surface area contributed by atoms with Gasteiger partial charge in [0.15, 0.2) is 5.84 Å². The Bertz CT molecular complexity index is 548. The molecule has 2 fully saturated rings. The van der Waals surface area contributed by atoms with Crippen LogP contribution in [0.3, 0.4) is 0 Å². The molecule has 0 amide bonds. The predicted octanol–water partition coefficient (Wildman–Crippen LogP) is 2.11. The normalized spacial score (nSPS) is 24.0. The topological polar surface area (TPSA) is 65.1 Å². The first-order valence-electron chi connectivity index (χ1n) is 7.45. The minimum absolute atomic E-state index is 0.132. The maximum absolute atomic E-state index is 8.97. The Hall–Kier alpha value is -1.46. The Morgan fingerprint density at radius 3 is 2.95 bits per heavy atom. The fourth-order valence-electron chi connectivity index (χ4n) is 3.41. The highest BCUT2D eigenvalue weighted by atomic mass is 35.5. The molecule has 2 heterocycles.